The van der Waals surface area contributed by atoms with Crippen molar-refractivity contribution in [2.75, 3.05) is 5.32 Å². The number of anilines is 1. The number of hydrogen-bond donors (Lipinski definition) is 2. The van der Waals surface area contributed by atoms with Crippen LogP contribution in [-0.4, -0.2) is 22.0 Å². The molecule has 2 N–H and O–H groups in total. The summed E-state index contributed by atoms with van der Waals surface area (Å²) in [6.07, 6.45) is 5.52. The zero-order valence-electron chi connectivity index (χ0n) is 9.71. The van der Waals surface area contributed by atoms with Crippen molar-refractivity contribution in [1.82, 2.24) is 0 Å². The Kier molecular flexibility index (Phi) is 4.27. The molecule has 6 nitrogen and oxygen atoms in total. The Hall–Kier alpha value is -2.55. The summed E-state index contributed by atoms with van der Waals surface area (Å²) in [5, 5.41) is 22.5. The zero-order chi connectivity index (χ0) is 13.7. The summed E-state index contributed by atoms with van der Waals surface area (Å²) in [5.74, 6) is 1.28. The molecule has 0 fully saturated rings. The number of carboxylic acids is 1. The Bertz CT molecular complexity index is 519. The summed E-state index contributed by atoms with van der Waals surface area (Å²) >= 11 is 0. The van der Waals surface area contributed by atoms with Gasteiger partial charge in [0.05, 0.1) is 10.5 Å². The van der Waals surface area contributed by atoms with Crippen LogP contribution < -0.4 is 5.32 Å². The largest absolute Gasteiger partial charge is 0.478 e. The van der Waals surface area contributed by atoms with Crippen molar-refractivity contribution in [3.05, 3.63) is 33.9 Å². The van der Waals surface area contributed by atoms with Crippen LogP contribution in [0.25, 0.3) is 0 Å². The number of nitro benzene ring substituents is 1. The highest BCUT2D eigenvalue weighted by atomic mass is 16.6. The van der Waals surface area contributed by atoms with Crippen LogP contribution in [0.15, 0.2) is 18.2 Å². The van der Waals surface area contributed by atoms with Crippen molar-refractivity contribution in [2.45, 2.75) is 19.4 Å². The van der Waals surface area contributed by atoms with E-state index in [0.717, 1.165) is 6.07 Å². The molecule has 1 rings (SSSR count). The number of rotatable bonds is 5. The highest BCUT2D eigenvalue weighted by Crippen LogP contribution is 2.26. The number of terminal acetylenes is 1. The number of hydrogen-bond acceptors (Lipinski definition) is 4. The molecular formula is C12H12N2O4. The third-order valence-electron chi connectivity index (χ3n) is 2.27. The first-order chi connectivity index (χ1) is 8.45. The fraction of sp³-hybridized carbons (Fsp3) is 0.250. The normalized spacial score (nSPS) is 11.3. The molecule has 1 aromatic rings. The molecule has 0 saturated carbocycles. The second-order valence-corrected chi connectivity index (χ2v) is 3.75. The Morgan fingerprint density at radius 1 is 1.67 bits per heavy atom. The number of aromatic carboxylic acids is 1. The van der Waals surface area contributed by atoms with Gasteiger partial charge in [-0.05, 0) is 19.1 Å². The first-order valence-electron chi connectivity index (χ1n) is 5.17. The molecule has 0 heterocycles. The van der Waals surface area contributed by atoms with Gasteiger partial charge in [0.15, 0.2) is 0 Å². The Balaban J connectivity index is 3.12. The lowest BCUT2D eigenvalue weighted by Gasteiger charge is -2.13. The first-order valence-corrected chi connectivity index (χ1v) is 5.17. The molecule has 1 unspecified atom stereocenters. The van der Waals surface area contributed by atoms with Crippen LogP contribution in [0.5, 0.6) is 0 Å². The standard InChI is InChI=1S/C12H12N2O4/c1-3-4-8(2)13-10-7-9(12(15)16)5-6-11(10)14(17)18/h1,5-8,13H,4H2,2H3,(H,15,16). The lowest BCUT2D eigenvalue weighted by molar-refractivity contribution is -0.384. The van der Waals surface area contributed by atoms with E-state index in [1.807, 2.05) is 0 Å². The summed E-state index contributed by atoms with van der Waals surface area (Å²) in [7, 11) is 0. The smallest absolute Gasteiger partial charge is 0.335 e. The second kappa shape index (κ2) is 5.68. The van der Waals surface area contributed by atoms with Gasteiger partial charge in [-0.3, -0.25) is 10.1 Å². The van der Waals surface area contributed by atoms with Crippen LogP contribution in [0.1, 0.15) is 23.7 Å². The van der Waals surface area contributed by atoms with Crippen LogP contribution in [0, 0.1) is 22.5 Å². The number of carbonyl (C=O) groups is 1. The van der Waals surface area contributed by atoms with Gasteiger partial charge in [0.2, 0.25) is 0 Å². The van der Waals surface area contributed by atoms with Crippen LogP contribution >= 0.6 is 0 Å². The van der Waals surface area contributed by atoms with Crippen molar-refractivity contribution in [2.24, 2.45) is 0 Å². The first kappa shape index (κ1) is 13.5. The predicted octanol–water partition coefficient (Wildman–Crippen LogP) is 2.12. The van der Waals surface area contributed by atoms with Gasteiger partial charge in [0, 0.05) is 18.5 Å². The van der Waals surface area contributed by atoms with Gasteiger partial charge in [-0.15, -0.1) is 12.3 Å². The van der Waals surface area contributed by atoms with Gasteiger partial charge in [-0.25, -0.2) is 4.79 Å². The molecule has 0 radical (unpaired) electrons. The quantitative estimate of drug-likeness (QED) is 0.473. The molecule has 0 aromatic heterocycles. The van der Waals surface area contributed by atoms with E-state index in [-0.39, 0.29) is 23.0 Å². The van der Waals surface area contributed by atoms with Crippen molar-refractivity contribution in [3.8, 4) is 12.3 Å². The molecule has 0 spiro atoms. The Morgan fingerprint density at radius 2 is 2.33 bits per heavy atom. The molecule has 18 heavy (non-hydrogen) atoms. The number of carboxylic acid groups (broad SMARTS) is 1. The molecule has 0 saturated heterocycles. The average molecular weight is 248 g/mol. The fourth-order valence-electron chi connectivity index (χ4n) is 1.44. The lowest BCUT2D eigenvalue weighted by atomic mass is 10.1. The Morgan fingerprint density at radius 3 is 2.83 bits per heavy atom. The summed E-state index contributed by atoms with van der Waals surface area (Å²) in [4.78, 5) is 21.1. The van der Waals surface area contributed by atoms with Gasteiger partial charge in [-0.2, -0.15) is 0 Å². The van der Waals surface area contributed by atoms with Gasteiger partial charge in [0.1, 0.15) is 5.69 Å². The van der Waals surface area contributed by atoms with Crippen LogP contribution in [0.2, 0.25) is 0 Å². The third-order valence-corrected chi connectivity index (χ3v) is 2.27. The molecule has 0 amide bonds. The van der Waals surface area contributed by atoms with E-state index in [1.165, 1.54) is 12.1 Å². The lowest BCUT2D eigenvalue weighted by Crippen LogP contribution is -2.15. The predicted molar refractivity (Wildman–Crippen MR) is 66.6 cm³/mol. The average Bonchev–Trinajstić information content (AvgIpc) is 2.28. The van der Waals surface area contributed by atoms with Crippen molar-refractivity contribution >= 4 is 17.3 Å². The maximum atomic E-state index is 10.8. The SMILES string of the molecule is C#CCC(C)Nc1cc(C(=O)O)ccc1[N+](=O)[O-]. The minimum absolute atomic E-state index is 0.0176. The molecule has 6 heteroatoms. The molecule has 0 aliphatic carbocycles. The van der Waals surface area contributed by atoms with Gasteiger partial charge < -0.3 is 10.4 Å². The maximum Gasteiger partial charge on any atom is 0.335 e. The van der Waals surface area contributed by atoms with Crippen molar-refractivity contribution in [1.29, 1.82) is 0 Å². The summed E-state index contributed by atoms with van der Waals surface area (Å²) in [6.45, 7) is 1.76. The van der Waals surface area contributed by atoms with E-state index in [9.17, 15) is 14.9 Å². The van der Waals surface area contributed by atoms with E-state index in [1.54, 1.807) is 6.92 Å². The van der Waals surface area contributed by atoms with E-state index in [0.29, 0.717) is 6.42 Å². The molecule has 1 atom stereocenters. The minimum Gasteiger partial charge on any atom is -0.478 e. The van der Waals surface area contributed by atoms with Crippen LogP contribution in [0.3, 0.4) is 0 Å². The number of nitro groups is 1. The molecule has 0 aliphatic rings. The summed E-state index contributed by atoms with van der Waals surface area (Å²) in [6, 6.07) is 3.40. The van der Waals surface area contributed by atoms with E-state index >= 15 is 0 Å². The van der Waals surface area contributed by atoms with E-state index in [2.05, 4.69) is 11.2 Å². The molecule has 1 aromatic carbocycles. The fourth-order valence-corrected chi connectivity index (χ4v) is 1.44. The molecule has 0 aliphatic heterocycles. The van der Waals surface area contributed by atoms with Crippen molar-refractivity contribution < 1.29 is 14.8 Å². The zero-order valence-corrected chi connectivity index (χ0v) is 9.71. The molecular weight excluding hydrogens is 236 g/mol. The Labute approximate surface area is 104 Å². The number of benzene rings is 1. The van der Waals surface area contributed by atoms with Crippen LogP contribution in [0.4, 0.5) is 11.4 Å². The van der Waals surface area contributed by atoms with Crippen molar-refractivity contribution in [3.63, 3.8) is 0 Å². The topological polar surface area (TPSA) is 92.5 Å². The number of nitrogens with zero attached hydrogens (tertiary/aromatic N) is 1. The monoisotopic (exact) mass is 248 g/mol. The molecule has 0 bridgehead atoms. The van der Waals surface area contributed by atoms with E-state index in [4.69, 9.17) is 11.5 Å². The van der Waals surface area contributed by atoms with Gasteiger partial charge in [-0.1, -0.05) is 0 Å². The number of nitrogens with one attached hydrogen (secondary N) is 1. The summed E-state index contributed by atoms with van der Waals surface area (Å²) in [5.41, 5.74) is -0.0393. The highest BCUT2D eigenvalue weighted by molar-refractivity contribution is 5.90. The third kappa shape index (κ3) is 3.22. The van der Waals surface area contributed by atoms with E-state index < -0.39 is 10.9 Å². The minimum atomic E-state index is -1.14. The van der Waals surface area contributed by atoms with Gasteiger partial charge >= 0.3 is 5.97 Å². The maximum absolute atomic E-state index is 10.8. The van der Waals surface area contributed by atoms with Crippen LogP contribution in [-0.2, 0) is 0 Å². The second-order valence-electron chi connectivity index (χ2n) is 3.75. The highest BCUT2D eigenvalue weighted by Gasteiger charge is 2.17. The molecule has 94 valence electrons. The van der Waals surface area contributed by atoms with Gasteiger partial charge in [0.25, 0.3) is 5.69 Å². The summed E-state index contributed by atoms with van der Waals surface area (Å²) < 4.78 is 0.